The third-order valence-electron chi connectivity index (χ3n) is 5.77. The molecule has 0 N–H and O–H groups in total. The van der Waals surface area contributed by atoms with Gasteiger partial charge >= 0.3 is 18.0 Å². The topological polar surface area (TPSA) is 138 Å². The molecule has 1 fully saturated rings. The van der Waals surface area contributed by atoms with E-state index in [1.165, 1.54) is 47.6 Å². The first kappa shape index (κ1) is 25.8. The molecule has 1 aliphatic heterocycles. The summed E-state index contributed by atoms with van der Waals surface area (Å²) in [5.74, 6) is -1.10. The van der Waals surface area contributed by atoms with Crippen molar-refractivity contribution in [1.82, 2.24) is 9.88 Å². The third-order valence-corrected chi connectivity index (χ3v) is 6.84. The second kappa shape index (κ2) is 11.2. The monoisotopic (exact) mass is 525 g/mol. The maximum absolute atomic E-state index is 13.1. The maximum atomic E-state index is 13.1. The summed E-state index contributed by atoms with van der Waals surface area (Å²) in [6, 6.07) is 13.6. The molecule has 0 aliphatic carbocycles. The van der Waals surface area contributed by atoms with E-state index in [2.05, 4.69) is 4.98 Å². The molecule has 37 heavy (non-hydrogen) atoms. The van der Waals surface area contributed by atoms with E-state index < -0.39 is 35.1 Å². The lowest BCUT2D eigenvalue weighted by molar-refractivity contribution is -0.384. The van der Waals surface area contributed by atoms with Crippen molar-refractivity contribution in [2.45, 2.75) is 32.1 Å². The quantitative estimate of drug-likeness (QED) is 0.189. The highest BCUT2D eigenvalue weighted by molar-refractivity contribution is 7.12. The van der Waals surface area contributed by atoms with Gasteiger partial charge in [0.2, 0.25) is 0 Å². The van der Waals surface area contributed by atoms with Crippen LogP contribution < -0.4 is 0 Å². The van der Waals surface area contributed by atoms with Crippen LogP contribution in [-0.2, 0) is 20.8 Å². The normalized spacial score (nSPS) is 16.8. The summed E-state index contributed by atoms with van der Waals surface area (Å²) in [5.41, 5.74) is 1.04. The van der Waals surface area contributed by atoms with Crippen molar-refractivity contribution in [1.29, 1.82) is 0 Å². The summed E-state index contributed by atoms with van der Waals surface area (Å²) >= 11 is 1.25. The van der Waals surface area contributed by atoms with Crippen molar-refractivity contribution in [2.75, 3.05) is 13.7 Å². The van der Waals surface area contributed by atoms with E-state index in [0.717, 1.165) is 0 Å². The predicted molar refractivity (Wildman–Crippen MR) is 131 cm³/mol. The molecule has 1 amide bonds. The Hall–Kier alpha value is -4.32. The molecule has 0 radical (unpaired) electrons. The van der Waals surface area contributed by atoms with E-state index in [1.54, 1.807) is 37.3 Å². The van der Waals surface area contributed by atoms with Crippen molar-refractivity contribution in [3.8, 4) is 0 Å². The first-order chi connectivity index (χ1) is 17.8. The van der Waals surface area contributed by atoms with Crippen LogP contribution in [0.1, 0.15) is 48.8 Å². The highest BCUT2D eigenvalue weighted by Gasteiger charge is 2.41. The van der Waals surface area contributed by atoms with E-state index in [-0.39, 0.29) is 31.0 Å². The number of nitro groups is 1. The number of thiazole rings is 1. The number of carbonyl (C=O) groups is 3. The first-order valence-electron chi connectivity index (χ1n) is 11.2. The van der Waals surface area contributed by atoms with Crippen LogP contribution in [0.4, 0.5) is 10.5 Å². The largest absolute Gasteiger partial charge is 0.464 e. The van der Waals surface area contributed by atoms with Gasteiger partial charge in [0.15, 0.2) is 5.69 Å². The fraction of sp³-hybridized carbons (Fsp3) is 0.280. The fourth-order valence-corrected chi connectivity index (χ4v) is 4.94. The number of aryl methyl sites for hydroxylation is 1. The number of aromatic nitrogens is 1. The van der Waals surface area contributed by atoms with Gasteiger partial charge in [-0.15, -0.1) is 11.3 Å². The number of carbonyl (C=O) groups excluding carboxylic acids is 3. The summed E-state index contributed by atoms with van der Waals surface area (Å²) in [6.45, 7) is 1.68. The summed E-state index contributed by atoms with van der Waals surface area (Å²) < 4.78 is 15.9. The average molecular weight is 526 g/mol. The Labute approximate surface area is 215 Å². The number of methoxy groups -OCH3 is 1. The number of non-ortho nitro benzene ring substituents is 1. The zero-order chi connectivity index (χ0) is 26.5. The van der Waals surface area contributed by atoms with E-state index in [4.69, 9.17) is 14.2 Å². The van der Waals surface area contributed by atoms with Crippen molar-refractivity contribution >= 4 is 35.1 Å². The van der Waals surface area contributed by atoms with E-state index in [9.17, 15) is 24.5 Å². The predicted octanol–water partition coefficient (Wildman–Crippen LogP) is 4.46. The summed E-state index contributed by atoms with van der Waals surface area (Å²) in [5, 5.41) is 11.3. The highest BCUT2D eigenvalue weighted by atomic mass is 32.1. The van der Waals surface area contributed by atoms with Crippen LogP contribution in [0.5, 0.6) is 0 Å². The molecular weight excluding hydrogens is 502 g/mol. The Morgan fingerprint density at radius 1 is 1.11 bits per heavy atom. The van der Waals surface area contributed by atoms with Gasteiger partial charge in [-0.05, 0) is 36.8 Å². The van der Waals surface area contributed by atoms with Crippen LogP contribution in [-0.4, -0.2) is 52.6 Å². The lowest BCUT2D eigenvalue weighted by Gasteiger charge is -2.22. The SMILES string of the molecule is COC(=O)c1nc([C@@H]2C[C@@H](OC(=O)c3ccccc3)CN2C(=O)OCc2ccc([N+](=O)[O-])cc2)sc1C. The van der Waals surface area contributed by atoms with Gasteiger partial charge in [-0.3, -0.25) is 15.0 Å². The van der Waals surface area contributed by atoms with Gasteiger partial charge in [0.25, 0.3) is 5.69 Å². The standard InChI is InChI=1S/C25H23N3O8S/c1-15-21(24(30)34-2)26-22(37-15)20-12-19(36-23(29)17-6-4-3-5-7-17)13-27(20)25(31)35-14-16-8-10-18(11-9-16)28(32)33/h3-11,19-20H,12-14H2,1-2H3/t19-,20+/m1/s1. The zero-order valence-corrected chi connectivity index (χ0v) is 20.8. The number of nitrogens with zero attached hydrogens (tertiary/aromatic N) is 3. The number of nitro benzene ring substituents is 1. The Morgan fingerprint density at radius 2 is 1.81 bits per heavy atom. The lowest BCUT2D eigenvalue weighted by Crippen LogP contribution is -2.33. The third kappa shape index (κ3) is 5.92. The summed E-state index contributed by atoms with van der Waals surface area (Å²) in [6.07, 6.45) is -1.04. The average Bonchev–Trinajstić information content (AvgIpc) is 3.51. The van der Waals surface area contributed by atoms with Crippen molar-refractivity contribution in [3.63, 3.8) is 0 Å². The molecule has 2 heterocycles. The van der Waals surface area contributed by atoms with E-state index in [0.29, 0.717) is 21.0 Å². The molecule has 192 valence electrons. The van der Waals surface area contributed by atoms with Gasteiger partial charge < -0.3 is 14.2 Å². The molecule has 4 rings (SSSR count). The Bertz CT molecular complexity index is 1310. The molecule has 0 bridgehead atoms. The van der Waals surface area contributed by atoms with Crippen LogP contribution in [0, 0.1) is 17.0 Å². The number of ether oxygens (including phenoxy) is 3. The number of benzene rings is 2. The Morgan fingerprint density at radius 3 is 2.46 bits per heavy atom. The maximum Gasteiger partial charge on any atom is 0.410 e. The van der Waals surface area contributed by atoms with Gasteiger partial charge in [-0.2, -0.15) is 0 Å². The van der Waals surface area contributed by atoms with Crippen LogP contribution in [0.15, 0.2) is 54.6 Å². The number of likely N-dealkylation sites (tertiary alicyclic amines) is 1. The number of amides is 1. The second-order valence-corrected chi connectivity index (χ2v) is 9.46. The molecule has 0 spiro atoms. The minimum atomic E-state index is -0.672. The number of esters is 2. The van der Waals surface area contributed by atoms with Gasteiger partial charge in [0.05, 0.1) is 30.2 Å². The van der Waals surface area contributed by atoms with Crippen LogP contribution in [0.3, 0.4) is 0 Å². The van der Waals surface area contributed by atoms with Crippen LogP contribution >= 0.6 is 11.3 Å². The van der Waals surface area contributed by atoms with Gasteiger partial charge in [-0.1, -0.05) is 18.2 Å². The fourth-order valence-electron chi connectivity index (χ4n) is 3.90. The van der Waals surface area contributed by atoms with Crippen LogP contribution in [0.2, 0.25) is 0 Å². The Kier molecular flexibility index (Phi) is 7.77. The number of hydrogen-bond donors (Lipinski definition) is 0. The number of rotatable bonds is 7. The molecule has 2 aromatic carbocycles. The summed E-state index contributed by atoms with van der Waals surface area (Å²) in [4.78, 5) is 54.6. The number of hydrogen-bond acceptors (Lipinski definition) is 10. The molecular formula is C25H23N3O8S. The molecule has 1 aliphatic rings. The van der Waals surface area contributed by atoms with Crippen molar-refractivity contribution in [2.24, 2.45) is 0 Å². The molecule has 2 atom stereocenters. The smallest absolute Gasteiger partial charge is 0.410 e. The molecule has 0 saturated carbocycles. The molecule has 11 nitrogen and oxygen atoms in total. The van der Waals surface area contributed by atoms with E-state index in [1.807, 2.05) is 0 Å². The minimum absolute atomic E-state index is 0.0640. The molecule has 3 aromatic rings. The summed E-state index contributed by atoms with van der Waals surface area (Å²) in [7, 11) is 1.26. The molecule has 12 heteroatoms. The van der Waals surface area contributed by atoms with E-state index >= 15 is 0 Å². The lowest BCUT2D eigenvalue weighted by atomic mass is 10.2. The highest BCUT2D eigenvalue weighted by Crippen LogP contribution is 2.37. The van der Waals surface area contributed by atoms with Gasteiger partial charge in [0.1, 0.15) is 17.7 Å². The Balaban J connectivity index is 1.52. The van der Waals surface area contributed by atoms with Gasteiger partial charge in [-0.25, -0.2) is 19.4 Å². The van der Waals surface area contributed by atoms with Crippen LogP contribution in [0.25, 0.3) is 0 Å². The second-order valence-electron chi connectivity index (χ2n) is 8.22. The first-order valence-corrected chi connectivity index (χ1v) is 12.1. The van der Waals surface area contributed by atoms with Crippen molar-refractivity contribution in [3.05, 3.63) is 91.4 Å². The molecule has 1 aromatic heterocycles. The molecule has 1 saturated heterocycles. The minimum Gasteiger partial charge on any atom is -0.464 e. The van der Waals surface area contributed by atoms with Gasteiger partial charge in [0, 0.05) is 23.4 Å². The zero-order valence-electron chi connectivity index (χ0n) is 20.0. The molecule has 0 unspecified atom stereocenters. The van der Waals surface area contributed by atoms with Crippen molar-refractivity contribution < 1.29 is 33.5 Å².